The molecule has 166 valence electrons. The van der Waals surface area contributed by atoms with Gasteiger partial charge >= 0.3 is 0 Å². The molecule has 0 saturated carbocycles. The van der Waals surface area contributed by atoms with Crippen molar-refractivity contribution in [2.45, 2.75) is 37.5 Å². The summed E-state index contributed by atoms with van der Waals surface area (Å²) in [4.78, 5) is 47.6. The summed E-state index contributed by atoms with van der Waals surface area (Å²) in [6.07, 6.45) is 3.96. The standard InChI is InChI=1S/C23H25N5O3S/c1-15(18-6-2-3-11-24-18)25-21(30)16-7-9-17(10-8-16)26-20(29)14-19-22(31)27-23(32-19)28-12-4-5-13-28/h2-3,6-11,15,19H,4-5,12-14H2,1H3,(H,25,30)(H,26,29)/t15-,19-/m0/s1. The molecule has 1 fully saturated rings. The molecule has 0 bridgehead atoms. The number of aromatic nitrogens is 1. The number of hydrogen-bond donors (Lipinski definition) is 2. The molecule has 3 amide bonds. The van der Waals surface area contributed by atoms with E-state index in [2.05, 4.69) is 25.5 Å². The molecular formula is C23H25N5O3S. The van der Waals surface area contributed by atoms with Gasteiger partial charge in [-0.1, -0.05) is 17.8 Å². The van der Waals surface area contributed by atoms with E-state index in [1.807, 2.05) is 25.1 Å². The number of likely N-dealkylation sites (tertiary alicyclic amines) is 1. The summed E-state index contributed by atoms with van der Waals surface area (Å²) >= 11 is 1.37. The van der Waals surface area contributed by atoms with Crippen LogP contribution in [0.25, 0.3) is 0 Å². The van der Waals surface area contributed by atoms with E-state index in [0.29, 0.717) is 11.3 Å². The van der Waals surface area contributed by atoms with E-state index in [4.69, 9.17) is 0 Å². The number of carbonyl (C=O) groups is 3. The fourth-order valence-electron chi connectivity index (χ4n) is 3.62. The van der Waals surface area contributed by atoms with Gasteiger partial charge in [0.15, 0.2) is 5.17 Å². The molecule has 2 aliphatic rings. The number of nitrogens with one attached hydrogen (secondary N) is 2. The van der Waals surface area contributed by atoms with E-state index < -0.39 is 5.25 Å². The highest BCUT2D eigenvalue weighted by Crippen LogP contribution is 2.29. The number of pyridine rings is 1. The minimum atomic E-state index is -0.483. The Labute approximate surface area is 190 Å². The molecular weight excluding hydrogens is 426 g/mol. The number of thioether (sulfide) groups is 1. The summed E-state index contributed by atoms with van der Waals surface area (Å²) in [5, 5.41) is 5.96. The van der Waals surface area contributed by atoms with Crippen molar-refractivity contribution < 1.29 is 14.4 Å². The van der Waals surface area contributed by atoms with Gasteiger partial charge in [-0.25, -0.2) is 0 Å². The van der Waals surface area contributed by atoms with Gasteiger partial charge in [0.2, 0.25) is 5.91 Å². The number of anilines is 1. The van der Waals surface area contributed by atoms with Crippen LogP contribution in [-0.2, 0) is 9.59 Å². The Kier molecular flexibility index (Phi) is 6.84. The SMILES string of the molecule is C[C@H](NC(=O)c1ccc(NC(=O)C[C@@H]2SC(N3CCCC3)=NC2=O)cc1)c1ccccn1. The summed E-state index contributed by atoms with van der Waals surface area (Å²) in [6, 6.07) is 12.0. The summed E-state index contributed by atoms with van der Waals surface area (Å²) in [5.41, 5.74) is 1.83. The van der Waals surface area contributed by atoms with Crippen molar-refractivity contribution in [1.29, 1.82) is 0 Å². The highest BCUT2D eigenvalue weighted by Gasteiger charge is 2.33. The second-order valence-electron chi connectivity index (χ2n) is 7.81. The van der Waals surface area contributed by atoms with Crippen LogP contribution in [-0.4, -0.2) is 51.1 Å². The molecule has 0 aliphatic carbocycles. The Bertz CT molecular complexity index is 1020. The average molecular weight is 452 g/mol. The van der Waals surface area contributed by atoms with Crippen LogP contribution in [0.4, 0.5) is 5.69 Å². The number of benzene rings is 1. The van der Waals surface area contributed by atoms with Gasteiger partial charge in [-0.15, -0.1) is 0 Å². The monoisotopic (exact) mass is 451 g/mol. The number of rotatable bonds is 6. The molecule has 2 aromatic rings. The quantitative estimate of drug-likeness (QED) is 0.700. The molecule has 9 heteroatoms. The van der Waals surface area contributed by atoms with Crippen LogP contribution < -0.4 is 10.6 Å². The van der Waals surface area contributed by atoms with E-state index in [9.17, 15) is 14.4 Å². The first-order valence-corrected chi connectivity index (χ1v) is 11.5. The van der Waals surface area contributed by atoms with Gasteiger partial charge in [0, 0.05) is 37.0 Å². The van der Waals surface area contributed by atoms with Crippen molar-refractivity contribution in [3.8, 4) is 0 Å². The third kappa shape index (κ3) is 5.34. The van der Waals surface area contributed by atoms with Crippen LogP contribution in [0.2, 0.25) is 0 Å². The normalized spacial score (nSPS) is 18.9. The number of hydrogen-bond acceptors (Lipinski definition) is 6. The molecule has 1 saturated heterocycles. The maximum atomic E-state index is 12.5. The van der Waals surface area contributed by atoms with Gasteiger partial charge in [0.1, 0.15) is 5.25 Å². The van der Waals surface area contributed by atoms with Crippen LogP contribution in [0.5, 0.6) is 0 Å². The zero-order chi connectivity index (χ0) is 22.5. The molecule has 2 atom stereocenters. The first-order chi connectivity index (χ1) is 15.5. The summed E-state index contributed by atoms with van der Waals surface area (Å²) in [6.45, 7) is 3.70. The Morgan fingerprint density at radius 2 is 1.91 bits per heavy atom. The van der Waals surface area contributed by atoms with Gasteiger partial charge in [-0.3, -0.25) is 19.4 Å². The molecule has 4 rings (SSSR count). The smallest absolute Gasteiger partial charge is 0.262 e. The number of carbonyl (C=O) groups excluding carboxylic acids is 3. The van der Waals surface area contributed by atoms with Gasteiger partial charge in [0.05, 0.1) is 11.7 Å². The topological polar surface area (TPSA) is 104 Å². The van der Waals surface area contributed by atoms with Crippen molar-refractivity contribution >= 4 is 40.3 Å². The molecule has 0 unspecified atom stereocenters. The van der Waals surface area contributed by atoms with Gasteiger partial charge in [-0.2, -0.15) is 4.99 Å². The zero-order valence-electron chi connectivity index (χ0n) is 17.8. The molecule has 2 aliphatic heterocycles. The Morgan fingerprint density at radius 1 is 1.16 bits per heavy atom. The molecule has 1 aromatic carbocycles. The second-order valence-corrected chi connectivity index (χ2v) is 8.98. The third-order valence-corrected chi connectivity index (χ3v) is 6.60. The molecule has 0 spiro atoms. The second kappa shape index (κ2) is 9.95. The predicted octanol–water partition coefficient (Wildman–Crippen LogP) is 3.00. The fraction of sp³-hybridized carbons (Fsp3) is 0.348. The third-order valence-electron chi connectivity index (χ3n) is 5.39. The van der Waals surface area contributed by atoms with Crippen LogP contribution in [0.3, 0.4) is 0 Å². The first kappa shape index (κ1) is 22.0. The molecule has 32 heavy (non-hydrogen) atoms. The number of amides is 3. The largest absolute Gasteiger partial charge is 0.351 e. The average Bonchev–Trinajstić information content (AvgIpc) is 3.45. The van der Waals surface area contributed by atoms with Gasteiger partial charge in [-0.05, 0) is 56.2 Å². The van der Waals surface area contributed by atoms with Crippen molar-refractivity contribution in [1.82, 2.24) is 15.2 Å². The van der Waals surface area contributed by atoms with E-state index in [-0.39, 0.29) is 30.2 Å². The minimum Gasteiger partial charge on any atom is -0.351 e. The summed E-state index contributed by atoms with van der Waals surface area (Å²) in [5.74, 6) is -0.726. The van der Waals surface area contributed by atoms with Gasteiger partial charge in [0.25, 0.3) is 11.8 Å². The van der Waals surface area contributed by atoms with E-state index in [1.54, 1.807) is 30.5 Å². The lowest BCUT2D eigenvalue weighted by Crippen LogP contribution is -2.27. The Hall–Kier alpha value is -3.20. The minimum absolute atomic E-state index is 0.0637. The lowest BCUT2D eigenvalue weighted by molar-refractivity contribution is -0.121. The predicted molar refractivity (Wildman–Crippen MR) is 124 cm³/mol. The van der Waals surface area contributed by atoms with Crippen molar-refractivity contribution in [2.75, 3.05) is 18.4 Å². The molecule has 0 radical (unpaired) electrons. The van der Waals surface area contributed by atoms with Crippen molar-refractivity contribution in [3.05, 3.63) is 59.9 Å². The van der Waals surface area contributed by atoms with Crippen LogP contribution in [0.15, 0.2) is 53.7 Å². The van der Waals surface area contributed by atoms with Crippen LogP contribution in [0, 0.1) is 0 Å². The molecule has 2 N–H and O–H groups in total. The maximum Gasteiger partial charge on any atom is 0.262 e. The zero-order valence-corrected chi connectivity index (χ0v) is 18.6. The van der Waals surface area contributed by atoms with E-state index in [1.165, 1.54) is 11.8 Å². The summed E-state index contributed by atoms with van der Waals surface area (Å²) < 4.78 is 0. The highest BCUT2D eigenvalue weighted by atomic mass is 32.2. The fourth-order valence-corrected chi connectivity index (χ4v) is 4.74. The van der Waals surface area contributed by atoms with E-state index >= 15 is 0 Å². The summed E-state index contributed by atoms with van der Waals surface area (Å²) in [7, 11) is 0. The number of nitrogens with zero attached hydrogens (tertiary/aromatic N) is 3. The maximum absolute atomic E-state index is 12.5. The molecule has 1 aromatic heterocycles. The number of amidine groups is 1. The van der Waals surface area contributed by atoms with Crippen LogP contribution >= 0.6 is 11.8 Å². The van der Waals surface area contributed by atoms with Crippen LogP contribution in [0.1, 0.15) is 48.3 Å². The van der Waals surface area contributed by atoms with Gasteiger partial charge < -0.3 is 15.5 Å². The first-order valence-electron chi connectivity index (χ1n) is 10.7. The Balaban J connectivity index is 1.27. The lowest BCUT2D eigenvalue weighted by atomic mass is 10.1. The van der Waals surface area contributed by atoms with Crippen molar-refractivity contribution in [3.63, 3.8) is 0 Å². The molecule has 3 heterocycles. The lowest BCUT2D eigenvalue weighted by Gasteiger charge is -2.16. The number of aliphatic imine (C=N–C) groups is 1. The van der Waals surface area contributed by atoms with E-state index in [0.717, 1.165) is 36.8 Å². The Morgan fingerprint density at radius 3 is 2.59 bits per heavy atom. The highest BCUT2D eigenvalue weighted by molar-refractivity contribution is 8.15. The van der Waals surface area contributed by atoms with Crippen molar-refractivity contribution in [2.24, 2.45) is 4.99 Å². The molecule has 8 nitrogen and oxygen atoms in total.